The zero-order valence-electron chi connectivity index (χ0n) is 19.7. The minimum Gasteiger partial charge on any atom is -0.481 e. The quantitative estimate of drug-likeness (QED) is 0.465. The van der Waals surface area contributed by atoms with Crippen LogP contribution in [0.3, 0.4) is 0 Å². The molecular formula is C26H32N2O6. The van der Waals surface area contributed by atoms with E-state index in [0.717, 1.165) is 22.3 Å². The van der Waals surface area contributed by atoms with Crippen molar-refractivity contribution >= 4 is 18.0 Å². The summed E-state index contributed by atoms with van der Waals surface area (Å²) in [5.74, 6) is -1.66. The molecule has 1 aliphatic rings. The fourth-order valence-electron chi connectivity index (χ4n) is 4.26. The fraction of sp³-hybridized carbons (Fsp3) is 0.423. The van der Waals surface area contributed by atoms with E-state index in [-0.39, 0.29) is 31.4 Å². The number of carboxylic acid groups (broad SMARTS) is 1. The maximum absolute atomic E-state index is 12.8. The van der Waals surface area contributed by atoms with E-state index in [1.54, 1.807) is 6.92 Å². The first-order chi connectivity index (χ1) is 16.3. The third-order valence-corrected chi connectivity index (χ3v) is 6.35. The Morgan fingerprint density at radius 2 is 1.62 bits per heavy atom. The lowest BCUT2D eigenvalue weighted by molar-refractivity contribution is -0.138. The number of alkyl carbamates (subject to hydrolysis) is 1. The molecule has 1 aliphatic carbocycles. The molecule has 0 saturated heterocycles. The van der Waals surface area contributed by atoms with Gasteiger partial charge >= 0.3 is 12.1 Å². The van der Waals surface area contributed by atoms with Gasteiger partial charge in [-0.15, -0.1) is 0 Å². The van der Waals surface area contributed by atoms with Crippen LogP contribution in [0.5, 0.6) is 0 Å². The summed E-state index contributed by atoms with van der Waals surface area (Å²) in [6.07, 6.45) is -0.763. The molecule has 0 spiro atoms. The second-order valence-electron chi connectivity index (χ2n) is 8.51. The third kappa shape index (κ3) is 5.94. The van der Waals surface area contributed by atoms with E-state index < -0.39 is 30.1 Å². The SMILES string of the molecule is CCC(CNC(=O)C(NC(=O)OCC1c2ccccc2-c2ccccc21)C(C)OC)CC(=O)O. The Morgan fingerprint density at radius 3 is 2.15 bits per heavy atom. The highest BCUT2D eigenvalue weighted by atomic mass is 16.5. The number of carboxylic acids is 1. The van der Waals surface area contributed by atoms with Gasteiger partial charge < -0.3 is 25.2 Å². The Morgan fingerprint density at radius 1 is 1.03 bits per heavy atom. The van der Waals surface area contributed by atoms with Gasteiger partial charge in [0.25, 0.3) is 0 Å². The number of aliphatic carboxylic acids is 1. The molecule has 0 radical (unpaired) electrons. The van der Waals surface area contributed by atoms with Crippen LogP contribution < -0.4 is 10.6 Å². The topological polar surface area (TPSA) is 114 Å². The van der Waals surface area contributed by atoms with Crippen molar-refractivity contribution in [1.29, 1.82) is 0 Å². The smallest absolute Gasteiger partial charge is 0.407 e. The lowest BCUT2D eigenvalue weighted by Gasteiger charge is -2.24. The first-order valence-electron chi connectivity index (χ1n) is 11.5. The van der Waals surface area contributed by atoms with Crippen LogP contribution in [0.2, 0.25) is 0 Å². The van der Waals surface area contributed by atoms with Gasteiger partial charge in [0.15, 0.2) is 0 Å². The number of amides is 2. The molecule has 0 aliphatic heterocycles. The first-order valence-corrected chi connectivity index (χ1v) is 11.5. The highest BCUT2D eigenvalue weighted by Crippen LogP contribution is 2.44. The molecule has 3 unspecified atom stereocenters. The Labute approximate surface area is 199 Å². The molecule has 8 heteroatoms. The van der Waals surface area contributed by atoms with E-state index in [1.807, 2.05) is 43.3 Å². The van der Waals surface area contributed by atoms with Crippen LogP contribution in [0.15, 0.2) is 48.5 Å². The average molecular weight is 469 g/mol. The number of carbonyl (C=O) groups is 3. The highest BCUT2D eigenvalue weighted by Gasteiger charge is 2.31. The largest absolute Gasteiger partial charge is 0.481 e. The van der Waals surface area contributed by atoms with Gasteiger partial charge in [-0.05, 0) is 35.1 Å². The van der Waals surface area contributed by atoms with Gasteiger partial charge in [0.05, 0.1) is 6.10 Å². The maximum atomic E-state index is 12.8. The summed E-state index contributed by atoms with van der Waals surface area (Å²) < 4.78 is 10.8. The Balaban J connectivity index is 1.62. The van der Waals surface area contributed by atoms with E-state index in [1.165, 1.54) is 7.11 Å². The highest BCUT2D eigenvalue weighted by molar-refractivity contribution is 5.86. The summed E-state index contributed by atoms with van der Waals surface area (Å²) in [5.41, 5.74) is 4.45. The van der Waals surface area contributed by atoms with Crippen molar-refractivity contribution < 1.29 is 29.0 Å². The van der Waals surface area contributed by atoms with Gasteiger partial charge in [-0.1, -0.05) is 61.9 Å². The van der Waals surface area contributed by atoms with E-state index in [0.29, 0.717) is 6.42 Å². The predicted molar refractivity (Wildman–Crippen MR) is 128 cm³/mol. The molecule has 2 aromatic carbocycles. The van der Waals surface area contributed by atoms with Gasteiger partial charge in [0.2, 0.25) is 5.91 Å². The monoisotopic (exact) mass is 468 g/mol. The number of fused-ring (bicyclic) bond motifs is 3. The lowest BCUT2D eigenvalue weighted by Crippen LogP contribution is -2.53. The fourth-order valence-corrected chi connectivity index (χ4v) is 4.26. The molecule has 2 aromatic rings. The van der Waals surface area contributed by atoms with Crippen molar-refractivity contribution in [2.45, 2.75) is 44.8 Å². The molecule has 0 heterocycles. The normalized spacial score (nSPS) is 14.9. The molecule has 34 heavy (non-hydrogen) atoms. The number of methoxy groups -OCH3 is 1. The summed E-state index contributed by atoms with van der Waals surface area (Å²) in [6, 6.07) is 15.1. The van der Waals surface area contributed by atoms with E-state index in [4.69, 9.17) is 14.6 Å². The third-order valence-electron chi connectivity index (χ3n) is 6.35. The number of benzene rings is 2. The summed E-state index contributed by atoms with van der Waals surface area (Å²) in [5, 5.41) is 14.3. The molecular weight excluding hydrogens is 436 g/mol. The molecule has 3 rings (SSSR count). The molecule has 0 bridgehead atoms. The van der Waals surface area contributed by atoms with E-state index in [9.17, 15) is 14.4 Å². The molecule has 3 N–H and O–H groups in total. The number of nitrogens with one attached hydrogen (secondary N) is 2. The zero-order valence-corrected chi connectivity index (χ0v) is 19.7. The molecule has 0 fully saturated rings. The molecule has 0 aromatic heterocycles. The number of ether oxygens (including phenoxy) is 2. The van der Waals surface area contributed by atoms with Crippen LogP contribution in [-0.4, -0.2) is 55.5 Å². The standard InChI is InChI=1S/C26H32N2O6/c1-4-17(13-23(29)30)14-27-25(31)24(16(2)33-3)28-26(32)34-15-22-20-11-7-5-9-18(20)19-10-6-8-12-21(19)22/h5-12,16-17,22,24H,4,13-15H2,1-3H3,(H,27,31)(H,28,32)(H,29,30). The van der Waals surface area contributed by atoms with E-state index in [2.05, 4.69) is 22.8 Å². The van der Waals surface area contributed by atoms with Gasteiger partial charge in [-0.2, -0.15) is 0 Å². The van der Waals surface area contributed by atoms with Crippen molar-refractivity contribution in [3.8, 4) is 11.1 Å². The predicted octanol–water partition coefficient (Wildman–Crippen LogP) is 3.55. The first kappa shape index (κ1) is 25.2. The number of rotatable bonds is 11. The molecule has 0 saturated carbocycles. The second kappa shape index (κ2) is 11.7. The van der Waals surface area contributed by atoms with Crippen LogP contribution in [0.4, 0.5) is 4.79 Å². The molecule has 182 valence electrons. The van der Waals surface area contributed by atoms with Crippen molar-refractivity contribution in [3.05, 3.63) is 59.7 Å². The minimum atomic E-state index is -0.983. The van der Waals surface area contributed by atoms with Gasteiger partial charge in [-0.25, -0.2) is 4.79 Å². The van der Waals surface area contributed by atoms with Gasteiger partial charge in [0, 0.05) is 26.0 Å². The number of hydrogen-bond acceptors (Lipinski definition) is 5. The van der Waals surface area contributed by atoms with Crippen LogP contribution >= 0.6 is 0 Å². The number of carbonyl (C=O) groups excluding carboxylic acids is 2. The minimum absolute atomic E-state index is 0.0406. The Bertz CT molecular complexity index is 978. The molecule has 2 amide bonds. The molecule has 3 atom stereocenters. The summed E-state index contributed by atoms with van der Waals surface area (Å²) >= 11 is 0. The zero-order chi connectivity index (χ0) is 24.7. The van der Waals surface area contributed by atoms with Crippen molar-refractivity contribution in [2.75, 3.05) is 20.3 Å². The lowest BCUT2D eigenvalue weighted by atomic mass is 9.98. The summed E-state index contributed by atoms with van der Waals surface area (Å²) in [7, 11) is 1.45. The average Bonchev–Trinajstić information content (AvgIpc) is 3.16. The summed E-state index contributed by atoms with van der Waals surface area (Å²) in [6.45, 7) is 3.86. The molecule has 8 nitrogen and oxygen atoms in total. The van der Waals surface area contributed by atoms with Crippen LogP contribution in [-0.2, 0) is 19.1 Å². The van der Waals surface area contributed by atoms with Crippen LogP contribution in [0, 0.1) is 5.92 Å². The van der Waals surface area contributed by atoms with Gasteiger partial charge in [-0.3, -0.25) is 9.59 Å². The van der Waals surface area contributed by atoms with E-state index >= 15 is 0 Å². The number of hydrogen-bond donors (Lipinski definition) is 3. The van der Waals surface area contributed by atoms with Crippen LogP contribution in [0.25, 0.3) is 11.1 Å². The van der Waals surface area contributed by atoms with Crippen molar-refractivity contribution in [3.63, 3.8) is 0 Å². The Hall–Kier alpha value is -3.39. The van der Waals surface area contributed by atoms with Gasteiger partial charge in [0.1, 0.15) is 12.6 Å². The van der Waals surface area contributed by atoms with Crippen molar-refractivity contribution in [1.82, 2.24) is 10.6 Å². The second-order valence-corrected chi connectivity index (χ2v) is 8.51. The van der Waals surface area contributed by atoms with Crippen molar-refractivity contribution in [2.24, 2.45) is 5.92 Å². The Kier molecular flexibility index (Phi) is 8.65. The summed E-state index contributed by atoms with van der Waals surface area (Å²) in [4.78, 5) is 36.4. The maximum Gasteiger partial charge on any atom is 0.407 e. The van der Waals surface area contributed by atoms with Crippen LogP contribution in [0.1, 0.15) is 43.7 Å².